The fourth-order valence-corrected chi connectivity index (χ4v) is 10.1. The average molecular weight is 926 g/mol. The molecule has 19 nitrogen and oxygen atoms in total. The van der Waals surface area contributed by atoms with Crippen LogP contribution in [0.3, 0.4) is 0 Å². The van der Waals surface area contributed by atoms with Crippen molar-refractivity contribution in [2.75, 3.05) is 86.5 Å². The van der Waals surface area contributed by atoms with Gasteiger partial charge in [-0.15, -0.1) is 0 Å². The zero-order valence-corrected chi connectivity index (χ0v) is 37.4. The number of piperidine rings is 2. The van der Waals surface area contributed by atoms with E-state index in [2.05, 4.69) is 30.8 Å². The Balaban J connectivity index is 0.745. The molecule has 21 heteroatoms. The summed E-state index contributed by atoms with van der Waals surface area (Å²) < 4.78 is 35.7. The molecule has 3 saturated heterocycles. The highest BCUT2D eigenvalue weighted by Gasteiger charge is 2.49. The predicted octanol–water partition coefficient (Wildman–Crippen LogP) is 2.92. The maximum atomic E-state index is 15.1. The van der Waals surface area contributed by atoms with Crippen molar-refractivity contribution < 1.29 is 47.1 Å². The van der Waals surface area contributed by atoms with Crippen molar-refractivity contribution in [3.63, 3.8) is 0 Å². The number of ether oxygens (including phenoxy) is 1. The van der Waals surface area contributed by atoms with Gasteiger partial charge in [-0.05, 0) is 62.4 Å². The Morgan fingerprint density at radius 3 is 2.37 bits per heavy atom. The molecule has 1 atom stereocenters. The van der Waals surface area contributed by atoms with Crippen LogP contribution in [0.2, 0.25) is 0 Å². The van der Waals surface area contributed by atoms with Gasteiger partial charge < -0.3 is 35.0 Å². The third-order valence-corrected chi connectivity index (χ3v) is 13.8. The summed E-state index contributed by atoms with van der Waals surface area (Å²) in [6.45, 7) is 3.17. The van der Waals surface area contributed by atoms with Gasteiger partial charge in [-0.3, -0.25) is 48.7 Å². The Kier molecular flexibility index (Phi) is 12.5. The minimum absolute atomic E-state index is 0.0294. The van der Waals surface area contributed by atoms with Crippen molar-refractivity contribution in [3.8, 4) is 5.75 Å². The molecule has 3 N–H and O–H groups in total. The second-order valence-corrected chi connectivity index (χ2v) is 17.9. The van der Waals surface area contributed by atoms with Gasteiger partial charge in [-0.25, -0.2) is 4.98 Å². The second-order valence-electron chi connectivity index (χ2n) is 17.9. The first kappa shape index (κ1) is 45.4. The summed E-state index contributed by atoms with van der Waals surface area (Å²) in [5.74, 6) is -6.67. The highest BCUT2D eigenvalue weighted by Crippen LogP contribution is 2.40. The van der Waals surface area contributed by atoms with Crippen LogP contribution in [-0.4, -0.2) is 157 Å². The van der Waals surface area contributed by atoms with E-state index in [-0.39, 0.29) is 65.3 Å². The van der Waals surface area contributed by atoms with Crippen molar-refractivity contribution in [1.82, 2.24) is 35.3 Å². The predicted molar refractivity (Wildman–Crippen MR) is 240 cm³/mol. The van der Waals surface area contributed by atoms with Crippen LogP contribution in [0.5, 0.6) is 5.75 Å². The number of nitrogens with zero attached hydrogens (tertiary/aromatic N) is 8. The molecule has 5 aliphatic heterocycles. The van der Waals surface area contributed by atoms with Gasteiger partial charge in [0.15, 0.2) is 5.82 Å². The topological polar surface area (TPSA) is 210 Å². The van der Waals surface area contributed by atoms with E-state index in [4.69, 9.17) is 4.74 Å². The van der Waals surface area contributed by atoms with E-state index in [1.165, 1.54) is 25.3 Å². The summed E-state index contributed by atoms with van der Waals surface area (Å²) in [4.78, 5) is 109. The number of carbonyl (C=O) groups is 7. The molecule has 2 aromatic carbocycles. The van der Waals surface area contributed by atoms with Gasteiger partial charge in [0.05, 0.1) is 42.4 Å². The fourth-order valence-electron chi connectivity index (χ4n) is 10.1. The Morgan fingerprint density at radius 2 is 1.66 bits per heavy atom. The first-order chi connectivity index (χ1) is 32.2. The fraction of sp³-hybridized carbons (Fsp3) is 0.500. The summed E-state index contributed by atoms with van der Waals surface area (Å²) in [5, 5.41) is 8.41. The number of methoxy groups -OCH3 is 1. The smallest absolute Gasteiger partial charge is 0.342 e. The van der Waals surface area contributed by atoms with Crippen LogP contribution in [0, 0.1) is 0 Å². The minimum Gasteiger partial charge on any atom is -0.495 e. The zero-order valence-electron chi connectivity index (χ0n) is 37.4. The average Bonchev–Trinajstić information content (AvgIpc) is 3.94. The van der Waals surface area contributed by atoms with Crippen LogP contribution in [0.15, 0.2) is 42.6 Å². The Hall–Kier alpha value is -6.77. The lowest BCUT2D eigenvalue weighted by Crippen LogP contribution is -2.54. The number of alkyl halides is 2. The molecule has 0 bridgehead atoms. The van der Waals surface area contributed by atoms with E-state index in [1.54, 1.807) is 36.4 Å². The van der Waals surface area contributed by atoms with Gasteiger partial charge >= 0.3 is 5.92 Å². The standard InChI is InChI=1S/C46H53F2N11O8/c1-54-34-25-49-45(53-39(34)58(29-6-3-4-7-29)26-46(47,48)44(54)66)51-31-11-10-27(24-35(31)67-2)40(62)50-28-14-18-57(19-15-28)37(61)16-17-55-20-22-56(23-21-55)32-9-5-8-30-38(32)43(65)59(42(30)64)33-12-13-36(60)52-41(33)63/h5,8-11,24-25,28-29,33H,3-4,6-7,12-23,26H2,1-2H3,(H,50,62)(H,49,51,53)(H,52,60,63). The largest absolute Gasteiger partial charge is 0.495 e. The SMILES string of the molecule is COc1cc(C(=O)NC2CCN(C(=O)CCN3CCN(c4cccc5c4C(=O)N(C4CCC(=O)NC4=O)C5=O)CC3)CC2)ccc1Nc1ncc2c(n1)N(C1CCCC1)CC(F)(F)C(=O)N2C. The monoisotopic (exact) mass is 925 g/mol. The molecule has 1 unspecified atom stereocenters. The van der Waals surface area contributed by atoms with Gasteiger partial charge in [0, 0.05) is 83.3 Å². The molecule has 1 saturated carbocycles. The number of hydrogen-bond donors (Lipinski definition) is 3. The van der Waals surface area contributed by atoms with Crippen LogP contribution in [-0.2, 0) is 19.2 Å². The maximum absolute atomic E-state index is 15.1. The van der Waals surface area contributed by atoms with Crippen molar-refractivity contribution in [1.29, 1.82) is 0 Å². The molecule has 1 aliphatic carbocycles. The number of hydrogen-bond acceptors (Lipinski definition) is 14. The Morgan fingerprint density at radius 1 is 0.910 bits per heavy atom. The number of benzene rings is 2. The van der Waals surface area contributed by atoms with E-state index in [1.807, 2.05) is 9.80 Å². The third-order valence-electron chi connectivity index (χ3n) is 13.8. The highest BCUT2D eigenvalue weighted by molar-refractivity contribution is 6.25. The quantitative estimate of drug-likeness (QED) is 0.237. The lowest BCUT2D eigenvalue weighted by atomic mass is 10.0. The summed E-state index contributed by atoms with van der Waals surface area (Å²) >= 11 is 0. The number of imide groups is 2. The van der Waals surface area contributed by atoms with Gasteiger partial charge in [0.1, 0.15) is 17.5 Å². The summed E-state index contributed by atoms with van der Waals surface area (Å²) in [7, 11) is 2.76. The maximum Gasteiger partial charge on any atom is 0.342 e. The van der Waals surface area contributed by atoms with Gasteiger partial charge in [0.2, 0.25) is 23.7 Å². The molecule has 67 heavy (non-hydrogen) atoms. The van der Waals surface area contributed by atoms with Crippen molar-refractivity contribution in [3.05, 3.63) is 59.3 Å². The van der Waals surface area contributed by atoms with Crippen LogP contribution in [0.1, 0.15) is 88.9 Å². The molecule has 6 aliphatic rings. The van der Waals surface area contributed by atoms with Gasteiger partial charge in [-0.1, -0.05) is 18.9 Å². The lowest BCUT2D eigenvalue weighted by molar-refractivity contribution is -0.140. The van der Waals surface area contributed by atoms with E-state index in [9.17, 15) is 33.6 Å². The van der Waals surface area contributed by atoms with Crippen LogP contribution < -0.4 is 35.4 Å². The number of nitrogens with one attached hydrogen (secondary N) is 3. The van der Waals surface area contributed by atoms with Crippen LogP contribution in [0.4, 0.5) is 37.6 Å². The minimum atomic E-state index is -3.60. The molecule has 0 spiro atoms. The summed E-state index contributed by atoms with van der Waals surface area (Å²) in [6, 6.07) is 8.59. The number of anilines is 5. The number of piperazine rings is 1. The highest BCUT2D eigenvalue weighted by atomic mass is 19.3. The van der Waals surface area contributed by atoms with Crippen molar-refractivity contribution in [2.24, 2.45) is 0 Å². The number of amides is 7. The molecule has 0 radical (unpaired) electrons. The molecule has 3 aromatic rings. The first-order valence-corrected chi connectivity index (χ1v) is 22.9. The summed E-state index contributed by atoms with van der Waals surface area (Å²) in [6.07, 6.45) is 6.20. The number of likely N-dealkylation sites (tertiary alicyclic amines) is 1. The number of fused-ring (bicyclic) bond motifs is 2. The molecular weight excluding hydrogens is 873 g/mol. The van der Waals surface area contributed by atoms with E-state index < -0.39 is 48.0 Å². The van der Waals surface area contributed by atoms with E-state index >= 15 is 8.78 Å². The molecule has 9 rings (SSSR count). The van der Waals surface area contributed by atoms with Crippen LogP contribution >= 0.6 is 0 Å². The van der Waals surface area contributed by atoms with Gasteiger partial charge in [0.25, 0.3) is 23.6 Å². The molecule has 4 fully saturated rings. The van der Waals surface area contributed by atoms with E-state index in [0.717, 1.165) is 22.6 Å². The van der Waals surface area contributed by atoms with E-state index in [0.29, 0.717) is 101 Å². The van der Waals surface area contributed by atoms with Crippen molar-refractivity contribution >= 4 is 70.2 Å². The first-order valence-electron chi connectivity index (χ1n) is 22.9. The number of aromatic nitrogens is 2. The Labute approximate surface area is 385 Å². The molecule has 7 amide bonds. The molecule has 6 heterocycles. The number of halogens is 2. The van der Waals surface area contributed by atoms with Crippen LogP contribution in [0.25, 0.3) is 0 Å². The van der Waals surface area contributed by atoms with Crippen molar-refractivity contribution in [2.45, 2.75) is 81.8 Å². The zero-order chi connectivity index (χ0) is 47.1. The number of carbonyl (C=O) groups excluding carboxylic acids is 7. The Bertz CT molecular complexity index is 2500. The lowest BCUT2D eigenvalue weighted by Gasteiger charge is -2.37. The normalized spacial score (nSPS) is 21.6. The molecule has 354 valence electrons. The molecular formula is C46H53F2N11O8. The summed E-state index contributed by atoms with van der Waals surface area (Å²) in [5.41, 5.74) is 2.11. The number of rotatable bonds is 11. The second kappa shape index (κ2) is 18.5. The molecule has 1 aromatic heterocycles. The third kappa shape index (κ3) is 8.95. The van der Waals surface area contributed by atoms with Gasteiger partial charge in [-0.2, -0.15) is 13.8 Å².